The second-order valence-electron chi connectivity index (χ2n) is 6.52. The van der Waals surface area contributed by atoms with E-state index in [9.17, 15) is 17.6 Å². The summed E-state index contributed by atoms with van der Waals surface area (Å²) >= 11 is 0. The first-order chi connectivity index (χ1) is 13.8. The van der Waals surface area contributed by atoms with Crippen LogP contribution in [0.4, 0.5) is 17.6 Å². The van der Waals surface area contributed by atoms with E-state index in [1.54, 1.807) is 42.2 Å². The Balaban J connectivity index is 1.97. The lowest BCUT2D eigenvalue weighted by atomic mass is 10.0. The summed E-state index contributed by atoms with van der Waals surface area (Å²) in [5.74, 6) is -0.188. The first kappa shape index (κ1) is 20.8. The molecule has 154 valence electrons. The molecule has 0 radical (unpaired) electrons. The topological polar surface area (TPSA) is 39.9 Å². The number of aryl methyl sites for hydroxylation is 1. The predicted octanol–water partition coefficient (Wildman–Crippen LogP) is 5.96. The van der Waals surface area contributed by atoms with Gasteiger partial charge in [0.05, 0.1) is 23.2 Å². The van der Waals surface area contributed by atoms with Crippen LogP contribution in [0.15, 0.2) is 60.2 Å². The lowest BCUT2D eigenvalue weighted by Crippen LogP contribution is -2.10. The summed E-state index contributed by atoms with van der Waals surface area (Å²) in [4.78, 5) is 4.00. The van der Waals surface area contributed by atoms with E-state index in [0.717, 1.165) is 18.2 Å². The second kappa shape index (κ2) is 8.63. The number of aromatic nitrogens is 3. The Morgan fingerprint density at radius 2 is 2.17 bits per heavy atom. The van der Waals surface area contributed by atoms with Crippen LogP contribution in [-0.2, 0) is 6.54 Å². The van der Waals surface area contributed by atoms with E-state index in [1.165, 1.54) is 6.92 Å². The van der Waals surface area contributed by atoms with Gasteiger partial charge in [0, 0.05) is 24.7 Å². The number of hydrogen-bond acceptors (Lipinski definition) is 3. The Morgan fingerprint density at radius 3 is 2.79 bits per heavy atom. The highest BCUT2D eigenvalue weighted by Gasteiger charge is 2.33. The number of nitrogens with zero attached hydrogens (tertiary/aromatic N) is 3. The molecule has 1 aliphatic heterocycles. The highest BCUT2D eigenvalue weighted by Crippen LogP contribution is 2.36. The van der Waals surface area contributed by atoms with E-state index in [4.69, 9.17) is 4.74 Å². The van der Waals surface area contributed by atoms with Gasteiger partial charge in [-0.2, -0.15) is 18.3 Å². The molecule has 0 aliphatic carbocycles. The molecule has 3 rings (SSSR count). The maximum Gasteiger partial charge on any atom is 0.416 e. The van der Waals surface area contributed by atoms with Crippen LogP contribution in [0, 0.1) is 0 Å². The van der Waals surface area contributed by atoms with Crippen LogP contribution in [0.5, 0.6) is 5.75 Å². The number of rotatable bonds is 6. The van der Waals surface area contributed by atoms with E-state index < -0.39 is 17.6 Å². The molecule has 1 unspecified atom stereocenters. The van der Waals surface area contributed by atoms with E-state index in [0.29, 0.717) is 24.4 Å². The van der Waals surface area contributed by atoms with Crippen molar-refractivity contribution in [1.29, 1.82) is 0 Å². The van der Waals surface area contributed by atoms with Crippen molar-refractivity contribution in [3.05, 3.63) is 71.6 Å². The van der Waals surface area contributed by atoms with Crippen molar-refractivity contribution in [1.82, 2.24) is 14.8 Å². The first-order valence-corrected chi connectivity index (χ1v) is 9.29. The maximum absolute atomic E-state index is 14.5. The van der Waals surface area contributed by atoms with Gasteiger partial charge in [-0.1, -0.05) is 19.1 Å². The molecule has 0 amide bonds. The van der Waals surface area contributed by atoms with E-state index in [2.05, 4.69) is 10.1 Å². The minimum absolute atomic E-state index is 0.140. The third-order valence-corrected chi connectivity index (χ3v) is 4.49. The zero-order valence-corrected chi connectivity index (χ0v) is 16.1. The fourth-order valence-electron chi connectivity index (χ4n) is 3.14. The summed E-state index contributed by atoms with van der Waals surface area (Å²) < 4.78 is 62.0. The molecule has 2 aromatic rings. The molecule has 1 aliphatic rings. The van der Waals surface area contributed by atoms with Gasteiger partial charge in [-0.3, -0.25) is 9.67 Å². The smallest absolute Gasteiger partial charge is 0.416 e. The Labute approximate surface area is 166 Å². The van der Waals surface area contributed by atoms with Crippen molar-refractivity contribution in [2.45, 2.75) is 45.5 Å². The molecule has 29 heavy (non-hydrogen) atoms. The minimum Gasteiger partial charge on any atom is -0.482 e. The molecule has 0 saturated heterocycles. The Kier molecular flexibility index (Phi) is 6.20. The Bertz CT molecular complexity index is 943. The zero-order chi connectivity index (χ0) is 21.0. The molecule has 3 heterocycles. The van der Waals surface area contributed by atoms with Gasteiger partial charge >= 0.3 is 6.18 Å². The van der Waals surface area contributed by atoms with Crippen molar-refractivity contribution in [3.8, 4) is 5.75 Å². The summed E-state index contributed by atoms with van der Waals surface area (Å²) in [5, 5.41) is 4.32. The largest absolute Gasteiger partial charge is 0.482 e. The van der Waals surface area contributed by atoms with Crippen LogP contribution in [0.3, 0.4) is 0 Å². The zero-order valence-electron chi connectivity index (χ0n) is 16.1. The van der Waals surface area contributed by atoms with Crippen LogP contribution in [0.25, 0.3) is 5.57 Å². The summed E-state index contributed by atoms with van der Waals surface area (Å²) in [6.45, 7) is 3.55. The molecule has 4 nitrogen and oxygen atoms in total. The molecule has 1 atom stereocenters. The summed E-state index contributed by atoms with van der Waals surface area (Å²) in [5.41, 5.74) is -0.275. The normalized spacial score (nSPS) is 18.1. The standard InChI is InChI=1S/C21H21F4N3O/c1-3-6-14(21(23,24)25)11-16(17(22)4-2)18-12-19-20(8-10-28(19)27-18)29-15-7-5-9-26-13-15/h4-7,9,11-13,20H,3,8,10H2,1-2H3/b14-6-,16-11+,17-4+. The van der Waals surface area contributed by atoms with Gasteiger partial charge in [-0.25, -0.2) is 4.39 Å². The van der Waals surface area contributed by atoms with Crippen molar-refractivity contribution in [2.75, 3.05) is 0 Å². The molecule has 0 saturated carbocycles. The van der Waals surface area contributed by atoms with Gasteiger partial charge in [0.25, 0.3) is 0 Å². The lowest BCUT2D eigenvalue weighted by Gasteiger charge is -2.12. The molecule has 0 bridgehead atoms. The van der Waals surface area contributed by atoms with Gasteiger partial charge < -0.3 is 4.74 Å². The Hall–Kier alpha value is -2.90. The fourth-order valence-corrected chi connectivity index (χ4v) is 3.14. The molecule has 0 N–H and O–H groups in total. The van der Waals surface area contributed by atoms with Crippen LogP contribution < -0.4 is 4.74 Å². The molecular formula is C21H21F4N3O. The van der Waals surface area contributed by atoms with Crippen LogP contribution in [-0.4, -0.2) is 20.9 Å². The minimum atomic E-state index is -4.58. The summed E-state index contributed by atoms with van der Waals surface area (Å²) in [6.07, 6.45) is 2.10. The van der Waals surface area contributed by atoms with Crippen molar-refractivity contribution < 1.29 is 22.3 Å². The summed E-state index contributed by atoms with van der Waals surface area (Å²) in [7, 11) is 0. The molecule has 2 aromatic heterocycles. The van der Waals surface area contributed by atoms with Gasteiger partial charge in [0.1, 0.15) is 17.7 Å². The van der Waals surface area contributed by atoms with E-state index in [1.807, 2.05) is 0 Å². The average molecular weight is 407 g/mol. The van der Waals surface area contributed by atoms with Gasteiger partial charge in [0.15, 0.2) is 0 Å². The number of ether oxygens (including phenoxy) is 1. The van der Waals surface area contributed by atoms with Gasteiger partial charge in [-0.05, 0) is 37.6 Å². The Morgan fingerprint density at radius 1 is 1.38 bits per heavy atom. The summed E-state index contributed by atoms with van der Waals surface area (Å²) in [6, 6.07) is 5.10. The monoisotopic (exact) mass is 407 g/mol. The maximum atomic E-state index is 14.5. The number of pyridine rings is 1. The number of halogens is 4. The fraction of sp³-hybridized carbons (Fsp3) is 0.333. The van der Waals surface area contributed by atoms with Gasteiger partial charge in [0.2, 0.25) is 0 Å². The van der Waals surface area contributed by atoms with E-state index >= 15 is 0 Å². The number of hydrogen-bond donors (Lipinski definition) is 0. The lowest BCUT2D eigenvalue weighted by molar-refractivity contribution is -0.0883. The molecule has 8 heteroatoms. The third kappa shape index (κ3) is 4.75. The third-order valence-electron chi connectivity index (χ3n) is 4.49. The molecule has 0 aromatic carbocycles. The van der Waals surface area contributed by atoms with Crippen LogP contribution in [0.2, 0.25) is 0 Å². The molecule has 0 spiro atoms. The SMILES string of the molecule is C\C=C(F)/C(=C\C(=C\CC)C(F)(F)F)c1cc2n(n1)CCC2Oc1cccnc1. The highest BCUT2D eigenvalue weighted by atomic mass is 19.4. The first-order valence-electron chi connectivity index (χ1n) is 9.29. The second-order valence-corrected chi connectivity index (χ2v) is 6.52. The van der Waals surface area contributed by atoms with Crippen molar-refractivity contribution >= 4 is 5.57 Å². The molecular weight excluding hydrogens is 386 g/mol. The number of fused-ring (bicyclic) bond motifs is 1. The van der Waals surface area contributed by atoms with Crippen molar-refractivity contribution in [3.63, 3.8) is 0 Å². The van der Waals surface area contributed by atoms with Crippen LogP contribution >= 0.6 is 0 Å². The van der Waals surface area contributed by atoms with Crippen molar-refractivity contribution in [2.24, 2.45) is 0 Å². The van der Waals surface area contributed by atoms with Crippen LogP contribution in [0.1, 0.15) is 44.2 Å². The number of allylic oxidation sites excluding steroid dienone is 6. The predicted molar refractivity (Wildman–Crippen MR) is 102 cm³/mol. The van der Waals surface area contributed by atoms with Gasteiger partial charge in [-0.15, -0.1) is 0 Å². The highest BCUT2D eigenvalue weighted by molar-refractivity contribution is 5.77. The average Bonchev–Trinajstić information content (AvgIpc) is 3.26. The quantitative estimate of drug-likeness (QED) is 0.438. The molecule has 0 fully saturated rings. The number of alkyl halides is 3. The van der Waals surface area contributed by atoms with E-state index in [-0.39, 0.29) is 23.8 Å².